The van der Waals surface area contributed by atoms with Crippen LogP contribution in [-0.4, -0.2) is 33.8 Å². The van der Waals surface area contributed by atoms with Crippen LogP contribution in [0.3, 0.4) is 0 Å². The molecule has 1 aliphatic rings. The smallest absolute Gasteiger partial charge is 0.254 e. The quantitative estimate of drug-likeness (QED) is 0.473. The molecule has 3 rings (SSSR count). The number of amides is 1. The third-order valence-electron chi connectivity index (χ3n) is 5.22. The largest absolute Gasteiger partial charge is 0.373 e. The third kappa shape index (κ3) is 5.59. The second-order valence-electron chi connectivity index (χ2n) is 7.32. The van der Waals surface area contributed by atoms with Crippen molar-refractivity contribution in [1.82, 2.24) is 15.3 Å². The molecule has 1 fully saturated rings. The predicted molar refractivity (Wildman–Crippen MR) is 116 cm³/mol. The molecule has 2 aromatic rings. The summed E-state index contributed by atoms with van der Waals surface area (Å²) in [5.74, 6) is 0.351. The van der Waals surface area contributed by atoms with Crippen molar-refractivity contribution in [3.63, 3.8) is 0 Å². The topological polar surface area (TPSA) is 78.4 Å². The van der Waals surface area contributed by atoms with Gasteiger partial charge in [-0.15, -0.1) is 0 Å². The van der Waals surface area contributed by atoms with E-state index in [0.717, 1.165) is 37.8 Å². The van der Waals surface area contributed by atoms with Crippen molar-refractivity contribution in [2.45, 2.75) is 51.7 Å². The standard InChI is InChI=1S/C21H26Cl2N4O2/c1-2-12-27(18-10-11-24-21(23)25-18)15-8-9-17(22)16(13-15)20(29)26-19(28)14-6-4-3-5-7-14/h8-11,13-14,19,28H,2-7,12H2,1H3,(H,26,29). The Hall–Kier alpha value is -1.89. The lowest BCUT2D eigenvalue weighted by Gasteiger charge is -2.27. The molecule has 0 bridgehead atoms. The maximum absolute atomic E-state index is 12.8. The molecule has 0 saturated heterocycles. The minimum atomic E-state index is -0.866. The SMILES string of the molecule is CCCN(c1ccc(Cl)c(C(=O)NC(O)C2CCCCC2)c1)c1ccnc(Cl)n1. The second-order valence-corrected chi connectivity index (χ2v) is 8.06. The highest BCUT2D eigenvalue weighted by atomic mass is 35.5. The van der Waals surface area contributed by atoms with E-state index in [4.69, 9.17) is 23.2 Å². The average Bonchev–Trinajstić information content (AvgIpc) is 2.73. The van der Waals surface area contributed by atoms with Crippen molar-refractivity contribution in [2.75, 3.05) is 11.4 Å². The molecule has 156 valence electrons. The number of aliphatic hydroxyl groups is 1. The van der Waals surface area contributed by atoms with Crippen LogP contribution in [0.4, 0.5) is 11.5 Å². The Morgan fingerprint density at radius 2 is 2.03 bits per heavy atom. The Morgan fingerprint density at radius 3 is 2.72 bits per heavy atom. The van der Waals surface area contributed by atoms with E-state index in [-0.39, 0.29) is 17.1 Å². The molecule has 0 aliphatic heterocycles. The van der Waals surface area contributed by atoms with E-state index in [1.54, 1.807) is 24.4 Å². The molecule has 6 nitrogen and oxygen atoms in total. The fourth-order valence-electron chi connectivity index (χ4n) is 3.71. The molecule has 8 heteroatoms. The van der Waals surface area contributed by atoms with Crippen LogP contribution in [-0.2, 0) is 0 Å². The third-order valence-corrected chi connectivity index (χ3v) is 5.73. The van der Waals surface area contributed by atoms with E-state index in [1.165, 1.54) is 6.42 Å². The van der Waals surface area contributed by atoms with Crippen molar-refractivity contribution >= 4 is 40.6 Å². The number of nitrogens with zero attached hydrogens (tertiary/aromatic N) is 3. The molecular weight excluding hydrogens is 411 g/mol. The minimum Gasteiger partial charge on any atom is -0.373 e. The molecule has 1 unspecified atom stereocenters. The normalized spacial score (nSPS) is 15.7. The van der Waals surface area contributed by atoms with Gasteiger partial charge < -0.3 is 15.3 Å². The van der Waals surface area contributed by atoms with Gasteiger partial charge in [0.25, 0.3) is 5.91 Å². The number of hydrogen-bond acceptors (Lipinski definition) is 5. The molecule has 1 aliphatic carbocycles. The highest BCUT2D eigenvalue weighted by Crippen LogP contribution is 2.30. The molecule has 1 aromatic heterocycles. The number of hydrogen-bond donors (Lipinski definition) is 2. The van der Waals surface area contributed by atoms with Crippen LogP contribution in [0.25, 0.3) is 0 Å². The van der Waals surface area contributed by atoms with Crippen molar-refractivity contribution in [1.29, 1.82) is 0 Å². The zero-order valence-corrected chi connectivity index (χ0v) is 18.0. The van der Waals surface area contributed by atoms with Crippen molar-refractivity contribution in [3.05, 3.63) is 46.3 Å². The van der Waals surface area contributed by atoms with E-state index in [1.807, 2.05) is 11.0 Å². The Kier molecular flexibility index (Phi) is 7.70. The summed E-state index contributed by atoms with van der Waals surface area (Å²) >= 11 is 12.3. The lowest BCUT2D eigenvalue weighted by atomic mass is 9.88. The summed E-state index contributed by atoms with van der Waals surface area (Å²) < 4.78 is 0. The summed E-state index contributed by atoms with van der Waals surface area (Å²) in [5, 5.41) is 13.7. The van der Waals surface area contributed by atoms with Gasteiger partial charge in [-0.3, -0.25) is 4.79 Å². The average molecular weight is 437 g/mol. The van der Waals surface area contributed by atoms with Gasteiger partial charge >= 0.3 is 0 Å². The van der Waals surface area contributed by atoms with Crippen LogP contribution in [0, 0.1) is 5.92 Å². The zero-order valence-electron chi connectivity index (χ0n) is 16.4. The second kappa shape index (κ2) is 10.2. The number of carbonyl (C=O) groups is 1. The number of anilines is 2. The molecule has 0 spiro atoms. The van der Waals surface area contributed by atoms with Crippen LogP contribution in [0.1, 0.15) is 55.8 Å². The number of halogens is 2. The number of aromatic nitrogens is 2. The van der Waals surface area contributed by atoms with Crippen molar-refractivity contribution in [2.24, 2.45) is 5.92 Å². The highest BCUT2D eigenvalue weighted by molar-refractivity contribution is 6.34. The van der Waals surface area contributed by atoms with E-state index in [9.17, 15) is 9.90 Å². The Bertz CT molecular complexity index is 843. The number of nitrogens with one attached hydrogen (secondary N) is 1. The first-order valence-corrected chi connectivity index (χ1v) is 10.8. The van der Waals surface area contributed by atoms with Crippen LogP contribution in [0.15, 0.2) is 30.5 Å². The van der Waals surface area contributed by atoms with Crippen molar-refractivity contribution in [3.8, 4) is 0 Å². The van der Waals surface area contributed by atoms with Gasteiger partial charge in [0.2, 0.25) is 5.28 Å². The van der Waals surface area contributed by atoms with Gasteiger partial charge in [-0.05, 0) is 55.1 Å². The van der Waals surface area contributed by atoms with Gasteiger partial charge in [-0.2, -0.15) is 0 Å². The van der Waals surface area contributed by atoms with E-state index in [0.29, 0.717) is 22.9 Å². The van der Waals surface area contributed by atoms with Crippen LogP contribution in [0.5, 0.6) is 0 Å². The minimum absolute atomic E-state index is 0.0920. The van der Waals surface area contributed by atoms with Crippen LogP contribution >= 0.6 is 23.2 Å². The highest BCUT2D eigenvalue weighted by Gasteiger charge is 2.24. The van der Waals surface area contributed by atoms with Crippen LogP contribution in [0.2, 0.25) is 10.3 Å². The first-order valence-electron chi connectivity index (χ1n) is 10.0. The monoisotopic (exact) mass is 436 g/mol. The number of rotatable bonds is 7. The summed E-state index contributed by atoms with van der Waals surface area (Å²) in [5.41, 5.74) is 1.09. The van der Waals surface area contributed by atoms with Gasteiger partial charge in [0.05, 0.1) is 10.6 Å². The number of aliphatic hydroxyl groups excluding tert-OH is 1. The molecular formula is C21H26Cl2N4O2. The van der Waals surface area contributed by atoms with Gasteiger partial charge in [0, 0.05) is 24.3 Å². The maximum atomic E-state index is 12.8. The molecule has 1 aromatic carbocycles. The summed E-state index contributed by atoms with van der Waals surface area (Å²) in [7, 11) is 0. The van der Waals surface area contributed by atoms with Gasteiger partial charge in [-0.25, -0.2) is 9.97 Å². The van der Waals surface area contributed by atoms with Gasteiger partial charge in [0.1, 0.15) is 12.0 Å². The van der Waals surface area contributed by atoms with Gasteiger partial charge in [0.15, 0.2) is 0 Å². The maximum Gasteiger partial charge on any atom is 0.254 e. The first kappa shape index (κ1) is 21.8. The molecule has 1 amide bonds. The Morgan fingerprint density at radius 1 is 1.28 bits per heavy atom. The lowest BCUT2D eigenvalue weighted by Crippen LogP contribution is -2.41. The van der Waals surface area contributed by atoms with Crippen molar-refractivity contribution < 1.29 is 9.90 Å². The molecule has 0 radical (unpaired) electrons. The molecule has 2 N–H and O–H groups in total. The first-order chi connectivity index (χ1) is 14.0. The molecule has 1 heterocycles. The fraction of sp³-hybridized carbons (Fsp3) is 0.476. The number of carbonyl (C=O) groups excluding carboxylic acids is 1. The molecule has 1 atom stereocenters. The Labute approximate surface area is 181 Å². The van der Waals surface area contributed by atoms with E-state index in [2.05, 4.69) is 22.2 Å². The Balaban J connectivity index is 1.82. The fourth-order valence-corrected chi connectivity index (χ4v) is 4.06. The summed E-state index contributed by atoms with van der Waals surface area (Å²) in [6.45, 7) is 2.74. The molecule has 1 saturated carbocycles. The van der Waals surface area contributed by atoms with Gasteiger partial charge in [-0.1, -0.05) is 37.8 Å². The number of benzene rings is 1. The van der Waals surface area contributed by atoms with E-state index < -0.39 is 6.23 Å². The van der Waals surface area contributed by atoms with E-state index >= 15 is 0 Å². The summed E-state index contributed by atoms with van der Waals surface area (Å²) in [4.78, 5) is 23.0. The summed E-state index contributed by atoms with van der Waals surface area (Å²) in [6, 6.07) is 7.01. The molecule has 29 heavy (non-hydrogen) atoms. The predicted octanol–water partition coefficient (Wildman–Crippen LogP) is 4.96. The zero-order chi connectivity index (χ0) is 20.8. The van der Waals surface area contributed by atoms with Crippen LogP contribution < -0.4 is 10.2 Å². The summed E-state index contributed by atoms with van der Waals surface area (Å²) in [6.07, 6.45) is 6.80. The lowest BCUT2D eigenvalue weighted by molar-refractivity contribution is 0.0463.